The molecule has 2 heterocycles. The molecule has 0 bridgehead atoms. The molecule has 0 aromatic carbocycles. The molecule has 0 amide bonds. The van der Waals surface area contributed by atoms with Crippen molar-refractivity contribution in [1.82, 2.24) is 4.98 Å². The van der Waals surface area contributed by atoms with Crippen molar-refractivity contribution in [1.29, 1.82) is 0 Å². The summed E-state index contributed by atoms with van der Waals surface area (Å²) < 4.78 is 37.0. The summed E-state index contributed by atoms with van der Waals surface area (Å²) >= 11 is 0. The van der Waals surface area contributed by atoms with Crippen LogP contribution in [0.4, 0.5) is 8.78 Å². The molecule has 1 atom stereocenters. The second kappa shape index (κ2) is 5.05. The third kappa shape index (κ3) is 2.57. The lowest BCUT2D eigenvalue weighted by Crippen LogP contribution is -2.41. The average molecular weight is 285 g/mol. The van der Waals surface area contributed by atoms with E-state index in [1.54, 1.807) is 12.1 Å². The van der Waals surface area contributed by atoms with E-state index in [1.165, 1.54) is 6.20 Å². The van der Waals surface area contributed by atoms with Gasteiger partial charge >= 0.3 is 7.12 Å². The van der Waals surface area contributed by atoms with E-state index in [0.29, 0.717) is 5.46 Å². The fraction of sp³-hybridized carbons (Fsp3) is 0.615. The lowest BCUT2D eigenvalue weighted by Gasteiger charge is -2.32. The lowest BCUT2D eigenvalue weighted by atomic mass is 9.77. The van der Waals surface area contributed by atoms with Gasteiger partial charge in [0.1, 0.15) is 0 Å². The van der Waals surface area contributed by atoms with Crippen LogP contribution in [0.5, 0.6) is 0 Å². The molecule has 1 fully saturated rings. The van der Waals surface area contributed by atoms with Crippen LogP contribution >= 0.6 is 0 Å². The molecule has 0 radical (unpaired) electrons. The normalized spacial score (nSPS) is 22.3. The molecule has 1 N–H and O–H groups in total. The number of hydrogen-bond acceptors (Lipinski definition) is 4. The Morgan fingerprint density at radius 1 is 1.20 bits per heavy atom. The smallest absolute Gasteiger partial charge is 0.399 e. The first-order chi connectivity index (χ1) is 9.16. The highest BCUT2D eigenvalue weighted by Gasteiger charge is 2.52. The third-order valence-corrected chi connectivity index (χ3v) is 3.90. The number of aliphatic hydroxyl groups is 1. The Hall–Kier alpha value is -1.05. The molecule has 0 saturated carbocycles. The van der Waals surface area contributed by atoms with Crippen molar-refractivity contribution in [2.24, 2.45) is 0 Å². The Balaban J connectivity index is 2.36. The fourth-order valence-electron chi connectivity index (χ4n) is 1.97. The summed E-state index contributed by atoms with van der Waals surface area (Å²) in [5.74, 6) is 0. The Kier molecular flexibility index (Phi) is 3.88. The van der Waals surface area contributed by atoms with Gasteiger partial charge in [-0.15, -0.1) is 0 Å². The molecule has 1 aliphatic heterocycles. The van der Waals surface area contributed by atoms with Gasteiger partial charge < -0.3 is 14.4 Å². The fourth-order valence-corrected chi connectivity index (χ4v) is 1.97. The zero-order valence-corrected chi connectivity index (χ0v) is 11.9. The van der Waals surface area contributed by atoms with Crippen molar-refractivity contribution in [3.63, 3.8) is 0 Å². The number of pyridine rings is 1. The molecule has 0 spiro atoms. The summed E-state index contributed by atoms with van der Waals surface area (Å²) in [6.07, 6.45) is -3.51. The molecule has 20 heavy (non-hydrogen) atoms. The first-order valence-electron chi connectivity index (χ1n) is 6.42. The van der Waals surface area contributed by atoms with Crippen molar-refractivity contribution in [2.45, 2.75) is 51.4 Å². The third-order valence-electron chi connectivity index (χ3n) is 3.90. The number of halogens is 2. The standard InChI is InChI=1S/C13H18BF2NO3/c1-12(2)13(3,4)20-14(19-12)8-6-5-7-17-9(8)10(18)11(15)16/h5-7,10-11,18H,1-4H3. The molecule has 1 aliphatic rings. The summed E-state index contributed by atoms with van der Waals surface area (Å²) in [6, 6.07) is 3.18. The van der Waals surface area contributed by atoms with Crippen LogP contribution in [0.25, 0.3) is 0 Å². The summed E-state index contributed by atoms with van der Waals surface area (Å²) in [5, 5.41) is 9.58. The monoisotopic (exact) mass is 285 g/mol. The minimum absolute atomic E-state index is 0.110. The van der Waals surface area contributed by atoms with Crippen LogP contribution in [0.2, 0.25) is 0 Å². The van der Waals surface area contributed by atoms with Gasteiger partial charge in [0.15, 0.2) is 6.10 Å². The maximum absolute atomic E-state index is 12.7. The van der Waals surface area contributed by atoms with E-state index in [-0.39, 0.29) is 5.69 Å². The van der Waals surface area contributed by atoms with E-state index < -0.39 is 30.8 Å². The summed E-state index contributed by atoms with van der Waals surface area (Å²) in [5.41, 5.74) is -0.943. The van der Waals surface area contributed by atoms with Crippen LogP contribution < -0.4 is 5.46 Å². The molecule has 1 aromatic rings. The molecule has 7 heteroatoms. The Labute approximate surface area is 117 Å². The number of rotatable bonds is 3. The Bertz CT molecular complexity index is 480. The van der Waals surface area contributed by atoms with Gasteiger partial charge in [-0.3, -0.25) is 4.98 Å². The lowest BCUT2D eigenvalue weighted by molar-refractivity contribution is -0.00773. The zero-order chi connectivity index (χ0) is 15.1. The summed E-state index contributed by atoms with van der Waals surface area (Å²) in [6.45, 7) is 7.47. The second-order valence-electron chi connectivity index (χ2n) is 5.85. The van der Waals surface area contributed by atoms with Gasteiger partial charge in [-0.05, 0) is 33.8 Å². The van der Waals surface area contributed by atoms with E-state index in [4.69, 9.17) is 9.31 Å². The summed E-state index contributed by atoms with van der Waals surface area (Å²) in [7, 11) is -0.822. The highest BCUT2D eigenvalue weighted by molar-refractivity contribution is 6.62. The largest absolute Gasteiger partial charge is 0.496 e. The topological polar surface area (TPSA) is 51.6 Å². The van der Waals surface area contributed by atoms with Gasteiger partial charge in [-0.25, -0.2) is 8.78 Å². The van der Waals surface area contributed by atoms with Gasteiger partial charge in [-0.1, -0.05) is 6.07 Å². The van der Waals surface area contributed by atoms with E-state index in [1.807, 2.05) is 27.7 Å². The van der Waals surface area contributed by atoms with Crippen molar-refractivity contribution >= 4 is 12.6 Å². The van der Waals surface area contributed by atoms with Gasteiger partial charge in [0, 0.05) is 11.7 Å². The highest BCUT2D eigenvalue weighted by atomic mass is 19.3. The van der Waals surface area contributed by atoms with Crippen molar-refractivity contribution in [3.8, 4) is 0 Å². The number of aromatic nitrogens is 1. The number of nitrogens with zero attached hydrogens (tertiary/aromatic N) is 1. The van der Waals surface area contributed by atoms with Gasteiger partial charge in [0.2, 0.25) is 0 Å². The van der Waals surface area contributed by atoms with Gasteiger partial charge in [-0.2, -0.15) is 0 Å². The minimum Gasteiger partial charge on any atom is -0.399 e. The minimum atomic E-state index is -2.91. The van der Waals surface area contributed by atoms with E-state index in [2.05, 4.69) is 4.98 Å². The van der Waals surface area contributed by atoms with E-state index >= 15 is 0 Å². The first-order valence-corrected chi connectivity index (χ1v) is 6.42. The molecular formula is C13H18BF2NO3. The number of alkyl halides is 2. The zero-order valence-electron chi connectivity index (χ0n) is 11.9. The number of aliphatic hydroxyl groups excluding tert-OH is 1. The molecule has 110 valence electrons. The van der Waals surface area contributed by atoms with Crippen LogP contribution in [-0.4, -0.2) is 34.8 Å². The molecule has 1 saturated heterocycles. The Morgan fingerprint density at radius 3 is 2.25 bits per heavy atom. The molecule has 2 rings (SSSR count). The quantitative estimate of drug-likeness (QED) is 0.858. The number of hydrogen-bond donors (Lipinski definition) is 1. The molecule has 0 aliphatic carbocycles. The van der Waals surface area contributed by atoms with E-state index in [9.17, 15) is 13.9 Å². The van der Waals surface area contributed by atoms with Crippen molar-refractivity contribution in [3.05, 3.63) is 24.0 Å². The SMILES string of the molecule is CC1(C)OB(c2cccnc2C(O)C(F)F)OC1(C)C. The predicted octanol–water partition coefficient (Wildman–Crippen LogP) is 1.68. The second-order valence-corrected chi connectivity index (χ2v) is 5.85. The summed E-state index contributed by atoms with van der Waals surface area (Å²) in [4.78, 5) is 3.85. The molecular weight excluding hydrogens is 267 g/mol. The van der Waals surface area contributed by atoms with Crippen LogP contribution in [0.1, 0.15) is 39.5 Å². The first kappa shape index (κ1) is 15.3. The average Bonchev–Trinajstić information content (AvgIpc) is 2.57. The molecule has 1 unspecified atom stereocenters. The highest BCUT2D eigenvalue weighted by Crippen LogP contribution is 2.37. The van der Waals surface area contributed by atoms with Crippen molar-refractivity contribution in [2.75, 3.05) is 0 Å². The van der Waals surface area contributed by atoms with Crippen LogP contribution in [-0.2, 0) is 9.31 Å². The van der Waals surface area contributed by atoms with Gasteiger partial charge in [0.25, 0.3) is 6.43 Å². The Morgan fingerprint density at radius 2 is 1.75 bits per heavy atom. The van der Waals surface area contributed by atoms with Gasteiger partial charge in [0.05, 0.1) is 16.9 Å². The van der Waals surface area contributed by atoms with Crippen LogP contribution in [0.3, 0.4) is 0 Å². The molecule has 1 aromatic heterocycles. The van der Waals surface area contributed by atoms with E-state index in [0.717, 1.165) is 0 Å². The van der Waals surface area contributed by atoms with Crippen molar-refractivity contribution < 1.29 is 23.2 Å². The van der Waals surface area contributed by atoms with Crippen LogP contribution in [0, 0.1) is 0 Å². The van der Waals surface area contributed by atoms with Crippen LogP contribution in [0.15, 0.2) is 18.3 Å². The maximum Gasteiger partial charge on any atom is 0.496 e. The molecule has 4 nitrogen and oxygen atoms in total. The predicted molar refractivity (Wildman–Crippen MR) is 70.9 cm³/mol. The maximum atomic E-state index is 12.7.